The van der Waals surface area contributed by atoms with Crippen LogP contribution in [0.3, 0.4) is 0 Å². The summed E-state index contributed by atoms with van der Waals surface area (Å²) in [5.41, 5.74) is 1.47. The minimum Gasteiger partial charge on any atom is -0.440 e. The van der Waals surface area contributed by atoms with Crippen molar-refractivity contribution in [2.24, 2.45) is 0 Å². The Balaban J connectivity index is 2.30. The van der Waals surface area contributed by atoms with E-state index >= 15 is 0 Å². The first-order valence-corrected chi connectivity index (χ1v) is 8.17. The lowest BCUT2D eigenvalue weighted by Gasteiger charge is -2.12. The molecule has 0 unspecified atom stereocenters. The van der Waals surface area contributed by atoms with E-state index in [9.17, 15) is 13.2 Å². The fourth-order valence-corrected chi connectivity index (χ4v) is 2.39. The van der Waals surface area contributed by atoms with Gasteiger partial charge in [0.2, 0.25) is 10.0 Å². The van der Waals surface area contributed by atoms with Crippen LogP contribution in [0, 0.1) is 6.92 Å². The van der Waals surface area contributed by atoms with Gasteiger partial charge in [0, 0.05) is 0 Å². The number of anilines is 2. The van der Waals surface area contributed by atoms with Crippen LogP contribution in [0.5, 0.6) is 0 Å². The molecule has 2 N–H and O–H groups in total. The van der Waals surface area contributed by atoms with Crippen LogP contribution < -0.4 is 10.0 Å². The van der Waals surface area contributed by atoms with E-state index in [0.717, 1.165) is 11.8 Å². The summed E-state index contributed by atoms with van der Waals surface area (Å²) >= 11 is 5.61. The van der Waals surface area contributed by atoms with Gasteiger partial charge < -0.3 is 9.73 Å². The van der Waals surface area contributed by atoms with Gasteiger partial charge in [0.15, 0.2) is 11.0 Å². The number of nitrogens with one attached hydrogen (secondary N) is 2. The van der Waals surface area contributed by atoms with Gasteiger partial charge in [-0.1, -0.05) is 6.07 Å². The average Bonchev–Trinajstić information content (AvgIpc) is 2.78. The van der Waals surface area contributed by atoms with Crippen LogP contribution in [0.4, 0.5) is 11.4 Å². The van der Waals surface area contributed by atoms with Crippen molar-refractivity contribution in [3.63, 3.8) is 0 Å². The zero-order valence-corrected chi connectivity index (χ0v) is 12.9. The molecule has 0 saturated heterocycles. The second-order valence-corrected chi connectivity index (χ2v) is 6.60. The number of carbonyl (C=O) groups is 1. The minimum atomic E-state index is -3.45. The summed E-state index contributed by atoms with van der Waals surface area (Å²) in [7, 11) is -3.45. The predicted octanol–water partition coefficient (Wildman–Crippen LogP) is 2.87. The first kappa shape index (κ1) is 15.4. The molecule has 21 heavy (non-hydrogen) atoms. The van der Waals surface area contributed by atoms with E-state index in [1.165, 1.54) is 12.1 Å². The number of amides is 1. The molecule has 0 aliphatic rings. The lowest BCUT2D eigenvalue weighted by atomic mass is 10.2. The van der Waals surface area contributed by atoms with Crippen molar-refractivity contribution in [1.29, 1.82) is 0 Å². The van der Waals surface area contributed by atoms with E-state index in [4.69, 9.17) is 16.0 Å². The van der Waals surface area contributed by atoms with E-state index < -0.39 is 15.9 Å². The maximum Gasteiger partial charge on any atom is 0.291 e. The van der Waals surface area contributed by atoms with E-state index in [1.54, 1.807) is 18.2 Å². The van der Waals surface area contributed by atoms with Gasteiger partial charge in [-0.15, -0.1) is 0 Å². The summed E-state index contributed by atoms with van der Waals surface area (Å²) in [6.45, 7) is 1.82. The van der Waals surface area contributed by atoms with Gasteiger partial charge in [0.25, 0.3) is 5.91 Å². The molecular weight excluding hydrogens is 316 g/mol. The van der Waals surface area contributed by atoms with E-state index in [2.05, 4.69) is 10.0 Å². The predicted molar refractivity (Wildman–Crippen MR) is 81.3 cm³/mol. The monoisotopic (exact) mass is 328 g/mol. The maximum absolute atomic E-state index is 12.0. The van der Waals surface area contributed by atoms with Crippen LogP contribution in [-0.4, -0.2) is 20.6 Å². The molecular formula is C13H13ClN2O4S. The van der Waals surface area contributed by atoms with Gasteiger partial charge in [-0.05, 0) is 48.4 Å². The first-order chi connectivity index (χ1) is 9.74. The molecule has 2 aromatic rings. The molecule has 1 aromatic heterocycles. The van der Waals surface area contributed by atoms with Crippen molar-refractivity contribution < 1.29 is 17.6 Å². The molecule has 0 bridgehead atoms. The summed E-state index contributed by atoms with van der Waals surface area (Å²) in [6, 6.07) is 7.82. The van der Waals surface area contributed by atoms with E-state index in [-0.39, 0.29) is 16.7 Å². The SMILES string of the molecule is Cc1ccc(NS(C)(=O)=O)c(NC(=O)c2ccc(Cl)o2)c1. The normalized spacial score (nSPS) is 11.2. The van der Waals surface area contributed by atoms with Gasteiger partial charge in [0.1, 0.15) is 0 Å². The van der Waals surface area contributed by atoms with Crippen LogP contribution in [0.25, 0.3) is 0 Å². The van der Waals surface area contributed by atoms with Crippen molar-refractivity contribution in [3.8, 4) is 0 Å². The molecule has 6 nitrogen and oxygen atoms in total. The van der Waals surface area contributed by atoms with Crippen molar-refractivity contribution >= 4 is 38.9 Å². The Morgan fingerprint density at radius 3 is 2.48 bits per heavy atom. The zero-order chi connectivity index (χ0) is 15.6. The lowest BCUT2D eigenvalue weighted by molar-refractivity contribution is 0.0997. The van der Waals surface area contributed by atoms with Crippen LogP contribution in [0.1, 0.15) is 16.1 Å². The number of benzene rings is 1. The van der Waals surface area contributed by atoms with Gasteiger partial charge in [-0.3, -0.25) is 9.52 Å². The molecule has 1 amide bonds. The largest absolute Gasteiger partial charge is 0.440 e. The maximum atomic E-state index is 12.0. The van der Waals surface area contributed by atoms with Crippen LogP contribution in [0.2, 0.25) is 5.22 Å². The summed E-state index contributed by atoms with van der Waals surface area (Å²) in [6.07, 6.45) is 1.03. The summed E-state index contributed by atoms with van der Waals surface area (Å²) < 4.78 is 30.0. The molecule has 0 saturated carbocycles. The van der Waals surface area contributed by atoms with Crippen molar-refractivity contribution in [2.75, 3.05) is 16.3 Å². The Kier molecular flexibility index (Phi) is 4.24. The molecule has 0 aliphatic carbocycles. The molecule has 1 heterocycles. The number of hydrogen-bond donors (Lipinski definition) is 2. The third-order valence-corrected chi connectivity index (χ3v) is 3.31. The fraction of sp³-hybridized carbons (Fsp3) is 0.154. The summed E-state index contributed by atoms with van der Waals surface area (Å²) in [5, 5.41) is 2.68. The molecule has 0 radical (unpaired) electrons. The zero-order valence-electron chi connectivity index (χ0n) is 11.3. The molecule has 8 heteroatoms. The Morgan fingerprint density at radius 1 is 1.19 bits per heavy atom. The first-order valence-electron chi connectivity index (χ1n) is 5.90. The van der Waals surface area contributed by atoms with Crippen molar-refractivity contribution in [1.82, 2.24) is 0 Å². The van der Waals surface area contributed by atoms with Gasteiger partial charge in [-0.25, -0.2) is 8.42 Å². The highest BCUT2D eigenvalue weighted by Crippen LogP contribution is 2.25. The second kappa shape index (κ2) is 5.79. The molecule has 0 spiro atoms. The molecule has 112 valence electrons. The van der Waals surface area contributed by atoms with Gasteiger partial charge in [-0.2, -0.15) is 0 Å². The highest BCUT2D eigenvalue weighted by molar-refractivity contribution is 7.92. The number of halogens is 1. The smallest absolute Gasteiger partial charge is 0.291 e. The topological polar surface area (TPSA) is 88.4 Å². The van der Waals surface area contributed by atoms with Crippen molar-refractivity contribution in [2.45, 2.75) is 6.92 Å². The molecule has 0 aliphatic heterocycles. The van der Waals surface area contributed by atoms with Gasteiger partial charge >= 0.3 is 0 Å². The highest BCUT2D eigenvalue weighted by Gasteiger charge is 2.14. The number of rotatable bonds is 4. The summed E-state index contributed by atoms with van der Waals surface area (Å²) in [4.78, 5) is 12.0. The number of sulfonamides is 1. The molecule has 1 aromatic carbocycles. The van der Waals surface area contributed by atoms with E-state index in [0.29, 0.717) is 5.69 Å². The Bertz CT molecular complexity index is 783. The minimum absolute atomic E-state index is 0.0341. The molecule has 0 atom stereocenters. The Labute approximate surface area is 127 Å². The standard InChI is InChI=1S/C13H13ClN2O4S/c1-8-3-4-9(16-21(2,18)19)10(7-8)15-13(17)11-5-6-12(14)20-11/h3-7,16H,1-2H3,(H,15,17). The van der Waals surface area contributed by atoms with Crippen molar-refractivity contribution in [3.05, 3.63) is 46.9 Å². The lowest BCUT2D eigenvalue weighted by Crippen LogP contribution is -2.15. The van der Waals surface area contributed by atoms with E-state index in [1.807, 2.05) is 6.92 Å². The van der Waals surface area contributed by atoms with Gasteiger partial charge in [0.05, 0.1) is 17.6 Å². The number of aryl methyl sites for hydroxylation is 1. The number of hydrogen-bond acceptors (Lipinski definition) is 4. The van der Waals surface area contributed by atoms with Crippen LogP contribution in [-0.2, 0) is 10.0 Å². The number of carbonyl (C=O) groups excluding carboxylic acids is 1. The third kappa shape index (κ3) is 4.24. The number of furan rings is 1. The Morgan fingerprint density at radius 2 is 1.90 bits per heavy atom. The highest BCUT2D eigenvalue weighted by atomic mass is 35.5. The van der Waals surface area contributed by atoms with Crippen LogP contribution in [0.15, 0.2) is 34.7 Å². The Hall–Kier alpha value is -1.99. The molecule has 2 rings (SSSR count). The third-order valence-electron chi connectivity index (χ3n) is 2.52. The fourth-order valence-electron chi connectivity index (χ4n) is 1.67. The molecule has 0 fully saturated rings. The second-order valence-electron chi connectivity index (χ2n) is 4.48. The summed E-state index contributed by atoms with van der Waals surface area (Å²) in [5.74, 6) is -0.490. The average molecular weight is 329 g/mol. The quantitative estimate of drug-likeness (QED) is 0.903. The van der Waals surface area contributed by atoms with Crippen LogP contribution >= 0.6 is 11.6 Å².